The van der Waals surface area contributed by atoms with Gasteiger partial charge in [-0.1, -0.05) is 12.1 Å². The fourth-order valence-corrected chi connectivity index (χ4v) is 3.87. The third kappa shape index (κ3) is 6.55. The molecule has 0 aliphatic heterocycles. The molecule has 0 saturated carbocycles. The molecule has 2 aromatic heterocycles. The molecule has 0 saturated heterocycles. The fraction of sp³-hybridized carbons (Fsp3) is 0.389. The topological polar surface area (TPSA) is 49.4 Å². The van der Waals surface area contributed by atoms with Crippen LogP contribution in [-0.2, 0) is 22.7 Å². The largest absolute Gasteiger partial charge is 0.356 e. The van der Waals surface area contributed by atoms with E-state index in [0.29, 0.717) is 6.54 Å². The quantitative estimate of drug-likeness (QED) is 0.487. The first-order valence-corrected chi connectivity index (χ1v) is 9.80. The molecule has 6 heteroatoms. The number of rotatable bonds is 11. The Labute approximate surface area is 151 Å². The minimum atomic E-state index is -0.00777. The number of unbranched alkanes of at least 4 members (excludes halogenated alkanes) is 1. The maximum atomic E-state index is 11.6. The van der Waals surface area contributed by atoms with Crippen LogP contribution < -0.4 is 5.32 Å². The molecule has 4 nitrogen and oxygen atoms in total. The van der Waals surface area contributed by atoms with E-state index < -0.39 is 0 Å². The zero-order chi connectivity index (χ0) is 17.2. The first kappa shape index (κ1) is 18.8. The van der Waals surface area contributed by atoms with Crippen molar-refractivity contribution in [3.05, 3.63) is 50.8 Å². The van der Waals surface area contributed by atoms with Gasteiger partial charge < -0.3 is 10.1 Å². The molecule has 0 fully saturated rings. The minimum Gasteiger partial charge on any atom is -0.356 e. The van der Waals surface area contributed by atoms with Crippen LogP contribution in [0.15, 0.2) is 35.0 Å². The number of thiophene rings is 2. The molecule has 0 aromatic carbocycles. The van der Waals surface area contributed by atoms with Gasteiger partial charge in [-0.15, -0.1) is 22.7 Å². The average Bonchev–Trinajstić information content (AvgIpc) is 3.24. The lowest BCUT2D eigenvalue weighted by molar-refractivity contribution is -0.119. The summed E-state index contributed by atoms with van der Waals surface area (Å²) < 4.78 is 0. The summed E-state index contributed by atoms with van der Waals surface area (Å²) in [5.41, 5.74) is 0. The zero-order valence-electron chi connectivity index (χ0n) is 13.9. The van der Waals surface area contributed by atoms with Gasteiger partial charge in [0.15, 0.2) is 0 Å². The van der Waals surface area contributed by atoms with Crippen LogP contribution in [0.3, 0.4) is 0 Å². The van der Waals surface area contributed by atoms with Crippen molar-refractivity contribution in [1.82, 2.24) is 10.2 Å². The van der Waals surface area contributed by atoms with Crippen molar-refractivity contribution in [2.75, 3.05) is 6.54 Å². The number of hydrogen-bond donors (Lipinski definition) is 1. The van der Waals surface area contributed by atoms with Crippen molar-refractivity contribution in [2.24, 2.45) is 0 Å². The van der Waals surface area contributed by atoms with Gasteiger partial charge in [-0.3, -0.25) is 9.69 Å². The van der Waals surface area contributed by atoms with Crippen LogP contribution in [0.1, 0.15) is 35.9 Å². The lowest BCUT2D eigenvalue weighted by Crippen LogP contribution is -2.29. The first-order valence-electron chi connectivity index (χ1n) is 8.04. The van der Waals surface area contributed by atoms with Gasteiger partial charge in [0.2, 0.25) is 5.91 Å². The number of aldehydes is 1. The average molecular weight is 364 g/mol. The van der Waals surface area contributed by atoms with E-state index in [1.54, 1.807) is 22.7 Å². The molecular formula is C18H23N2O2S2. The molecule has 1 amide bonds. The lowest BCUT2D eigenvalue weighted by Gasteiger charge is -2.26. The molecule has 0 unspecified atom stereocenters. The van der Waals surface area contributed by atoms with Gasteiger partial charge in [0, 0.05) is 36.3 Å². The van der Waals surface area contributed by atoms with Crippen LogP contribution in [0.5, 0.6) is 0 Å². The van der Waals surface area contributed by atoms with Gasteiger partial charge >= 0.3 is 0 Å². The molecule has 0 bridgehead atoms. The van der Waals surface area contributed by atoms with Crippen LogP contribution in [0.25, 0.3) is 0 Å². The predicted octanol–water partition coefficient (Wildman–Crippen LogP) is 3.85. The minimum absolute atomic E-state index is 0.00777. The smallest absolute Gasteiger partial charge is 0.216 e. The number of nitrogens with zero attached hydrogens (tertiary/aromatic N) is 1. The van der Waals surface area contributed by atoms with E-state index in [0.717, 1.165) is 44.7 Å². The number of carbonyl (C=O) groups is 2. The monoisotopic (exact) mass is 363 g/mol. The van der Waals surface area contributed by atoms with Crippen LogP contribution in [0, 0.1) is 6.04 Å². The molecule has 2 rings (SSSR count). The summed E-state index contributed by atoms with van der Waals surface area (Å²) in [4.78, 5) is 27.2. The van der Waals surface area contributed by atoms with Crippen molar-refractivity contribution in [3.8, 4) is 0 Å². The van der Waals surface area contributed by atoms with Crippen molar-refractivity contribution < 1.29 is 9.59 Å². The number of nitrogens with one attached hydrogen (secondary N) is 1. The van der Waals surface area contributed by atoms with Gasteiger partial charge in [0.25, 0.3) is 0 Å². The molecule has 0 atom stereocenters. The van der Waals surface area contributed by atoms with Gasteiger partial charge in [0.1, 0.15) is 12.3 Å². The summed E-state index contributed by atoms with van der Waals surface area (Å²) in [5, 5.41) is 6.92. The second kappa shape index (κ2) is 10.4. The number of carbonyl (C=O) groups excluding carboxylic acids is 2. The summed E-state index contributed by atoms with van der Waals surface area (Å²) in [6.45, 7) is 3.70. The van der Waals surface area contributed by atoms with Crippen molar-refractivity contribution in [1.29, 1.82) is 0 Å². The van der Waals surface area contributed by atoms with E-state index in [1.165, 1.54) is 16.7 Å². The Balaban J connectivity index is 1.91. The van der Waals surface area contributed by atoms with E-state index in [9.17, 15) is 9.59 Å². The Kier molecular flexibility index (Phi) is 8.15. The maximum Gasteiger partial charge on any atom is 0.216 e. The highest BCUT2D eigenvalue weighted by molar-refractivity contribution is 7.10. The predicted molar refractivity (Wildman–Crippen MR) is 99.7 cm³/mol. The van der Waals surface area contributed by atoms with Crippen LogP contribution in [0.2, 0.25) is 0 Å². The summed E-state index contributed by atoms with van der Waals surface area (Å²) in [6, 6.07) is 9.12. The molecule has 0 aliphatic rings. The lowest BCUT2D eigenvalue weighted by atomic mass is 10.1. The second-order valence-corrected chi connectivity index (χ2v) is 7.63. The van der Waals surface area contributed by atoms with Gasteiger partial charge in [0.05, 0.1) is 0 Å². The Bertz CT molecular complexity index is 560. The van der Waals surface area contributed by atoms with Gasteiger partial charge in [-0.2, -0.15) is 0 Å². The van der Waals surface area contributed by atoms with E-state index >= 15 is 0 Å². The normalized spacial score (nSPS) is 11.1. The number of amides is 1. The molecule has 1 radical (unpaired) electrons. The standard InChI is InChI=1S/C18H23N2O2S2/c1-15(22)19-9-3-2-6-16(14-21)20(12-17-7-4-10-23-17)13-18-8-5-11-24-18/h4-5,7-8,10-11,14H,2-3,6,9,12-13H2,1H3,(H,19,22). The van der Waals surface area contributed by atoms with Crippen LogP contribution in [0.4, 0.5) is 0 Å². The zero-order valence-corrected chi connectivity index (χ0v) is 15.5. The van der Waals surface area contributed by atoms with Crippen LogP contribution >= 0.6 is 22.7 Å². The Hall–Kier alpha value is -1.50. The Morgan fingerprint density at radius 3 is 2.21 bits per heavy atom. The first-order chi connectivity index (χ1) is 11.7. The molecule has 0 aliphatic carbocycles. The highest BCUT2D eigenvalue weighted by atomic mass is 32.1. The molecule has 2 aromatic rings. The summed E-state index contributed by atoms with van der Waals surface area (Å²) in [6.07, 6.45) is 3.49. The molecule has 0 spiro atoms. The van der Waals surface area contributed by atoms with Crippen LogP contribution in [-0.4, -0.2) is 23.6 Å². The highest BCUT2D eigenvalue weighted by Crippen LogP contribution is 2.24. The van der Waals surface area contributed by atoms with E-state index in [4.69, 9.17) is 0 Å². The second-order valence-electron chi connectivity index (χ2n) is 5.56. The molecule has 129 valence electrons. The van der Waals surface area contributed by atoms with E-state index in [-0.39, 0.29) is 5.91 Å². The molecule has 24 heavy (non-hydrogen) atoms. The van der Waals surface area contributed by atoms with E-state index in [1.807, 2.05) is 12.1 Å². The van der Waals surface area contributed by atoms with Crippen molar-refractivity contribution >= 4 is 34.9 Å². The van der Waals surface area contributed by atoms with Gasteiger partial charge in [-0.25, -0.2) is 0 Å². The fourth-order valence-electron chi connectivity index (χ4n) is 2.43. The summed E-state index contributed by atoms with van der Waals surface area (Å²) in [7, 11) is 0. The number of hydrogen-bond acceptors (Lipinski definition) is 5. The molecular weight excluding hydrogens is 340 g/mol. The van der Waals surface area contributed by atoms with Crippen molar-refractivity contribution in [3.63, 3.8) is 0 Å². The third-order valence-electron chi connectivity index (χ3n) is 3.63. The third-order valence-corrected chi connectivity index (χ3v) is 5.35. The SMILES string of the molecule is CC(=O)NCCCC[C](C=O)N(Cc1cccs1)Cc1cccs1. The molecule has 1 N–H and O–H groups in total. The maximum absolute atomic E-state index is 11.6. The van der Waals surface area contributed by atoms with E-state index in [2.05, 4.69) is 33.1 Å². The molecule has 2 heterocycles. The Morgan fingerprint density at radius 2 is 1.75 bits per heavy atom. The highest BCUT2D eigenvalue weighted by Gasteiger charge is 2.20. The van der Waals surface area contributed by atoms with Gasteiger partial charge in [-0.05, 0) is 42.2 Å². The van der Waals surface area contributed by atoms with Crippen molar-refractivity contribution in [2.45, 2.75) is 39.3 Å². The summed E-state index contributed by atoms with van der Waals surface area (Å²) >= 11 is 3.42. The Morgan fingerprint density at radius 1 is 1.12 bits per heavy atom. The summed E-state index contributed by atoms with van der Waals surface area (Å²) in [5.74, 6) is -0.00777.